The maximum atomic E-state index is 12.1. The summed E-state index contributed by atoms with van der Waals surface area (Å²) in [6.45, 7) is 1.41. The first-order chi connectivity index (χ1) is 12.6. The molecule has 0 saturated carbocycles. The molecular weight excluding hydrogens is 334 g/mol. The third-order valence-corrected chi connectivity index (χ3v) is 4.12. The topological polar surface area (TPSA) is 113 Å². The predicted molar refractivity (Wildman–Crippen MR) is 99.0 cm³/mol. The molecule has 2 aromatic heterocycles. The first kappa shape index (κ1) is 17.7. The number of hydrogen-bond donors (Lipinski definition) is 3. The molecule has 4 N–H and O–H groups in total. The van der Waals surface area contributed by atoms with Crippen molar-refractivity contribution in [1.29, 1.82) is 0 Å². The minimum atomic E-state index is -0.218. The molecule has 8 nitrogen and oxygen atoms in total. The van der Waals surface area contributed by atoms with Crippen molar-refractivity contribution >= 4 is 11.6 Å². The average molecular weight is 355 g/mol. The second kappa shape index (κ2) is 7.83. The number of nitrogens with one attached hydrogen (secondary N) is 2. The first-order valence-corrected chi connectivity index (χ1v) is 8.26. The summed E-state index contributed by atoms with van der Waals surface area (Å²) in [4.78, 5) is 32.6. The number of methoxy groups -OCH3 is 1. The number of carbonyl (C=O) groups is 1. The van der Waals surface area contributed by atoms with Gasteiger partial charge in [0.2, 0.25) is 5.91 Å². The van der Waals surface area contributed by atoms with Crippen LogP contribution in [0.25, 0.3) is 11.3 Å². The van der Waals surface area contributed by atoms with Gasteiger partial charge in [-0.15, -0.1) is 0 Å². The van der Waals surface area contributed by atoms with Gasteiger partial charge < -0.3 is 25.7 Å². The third kappa shape index (κ3) is 3.92. The monoisotopic (exact) mass is 355 g/mol. The minimum Gasteiger partial charge on any atom is -0.497 e. The van der Waals surface area contributed by atoms with Crippen LogP contribution in [0.15, 0.2) is 47.5 Å². The highest BCUT2D eigenvalue weighted by molar-refractivity contribution is 5.88. The van der Waals surface area contributed by atoms with Gasteiger partial charge in [-0.3, -0.25) is 14.6 Å². The lowest BCUT2D eigenvalue weighted by Crippen LogP contribution is -2.57. The summed E-state index contributed by atoms with van der Waals surface area (Å²) in [5, 5.41) is 3.18. The molecule has 3 rings (SSSR count). The zero-order valence-corrected chi connectivity index (χ0v) is 14.4. The fourth-order valence-electron chi connectivity index (χ4n) is 2.68. The lowest BCUT2D eigenvalue weighted by atomic mass is 10.1. The quantitative estimate of drug-likeness (QED) is 0.654. The molecule has 1 amide bonds. The molecule has 3 heterocycles. The van der Waals surface area contributed by atoms with Crippen molar-refractivity contribution in [3.05, 3.63) is 53.1 Å². The number of rotatable bonds is 6. The van der Waals surface area contributed by atoms with Gasteiger partial charge in [0.15, 0.2) is 0 Å². The number of H-pyrrole nitrogens is 1. The molecule has 1 fully saturated rings. The summed E-state index contributed by atoms with van der Waals surface area (Å²) in [6, 6.07) is 5.33. The van der Waals surface area contributed by atoms with Crippen LogP contribution >= 0.6 is 0 Å². The van der Waals surface area contributed by atoms with Crippen LogP contribution in [0.2, 0.25) is 0 Å². The molecule has 136 valence electrons. The molecule has 0 aliphatic carbocycles. The van der Waals surface area contributed by atoms with Crippen molar-refractivity contribution in [1.82, 2.24) is 14.9 Å². The van der Waals surface area contributed by atoms with Gasteiger partial charge in [-0.25, -0.2) is 0 Å². The van der Waals surface area contributed by atoms with Gasteiger partial charge in [0.1, 0.15) is 11.4 Å². The standard InChI is InChI=1S/C18H21N5O3/c1-26-14-4-6-20-15(8-14)12-7-16(18(25)21-9-12)22-13-10-23(11-13)17(24)3-2-5-19/h2-4,6-9,13,22H,5,10-11,19H2,1H3,(H,21,25)/b3-2+. The van der Waals surface area contributed by atoms with E-state index in [0.29, 0.717) is 36.8 Å². The predicted octanol–water partition coefficient (Wildman–Crippen LogP) is 0.583. The highest BCUT2D eigenvalue weighted by atomic mass is 16.5. The van der Waals surface area contributed by atoms with Crippen molar-refractivity contribution in [2.75, 3.05) is 32.1 Å². The van der Waals surface area contributed by atoms with Gasteiger partial charge in [-0.1, -0.05) is 6.08 Å². The highest BCUT2D eigenvalue weighted by Crippen LogP contribution is 2.22. The number of nitrogens with zero attached hydrogens (tertiary/aromatic N) is 2. The van der Waals surface area contributed by atoms with Crippen molar-refractivity contribution in [2.24, 2.45) is 5.73 Å². The summed E-state index contributed by atoms with van der Waals surface area (Å²) < 4.78 is 5.21. The fourth-order valence-corrected chi connectivity index (χ4v) is 2.68. The normalized spacial score (nSPS) is 14.3. The second-order valence-electron chi connectivity index (χ2n) is 5.93. The summed E-state index contributed by atoms with van der Waals surface area (Å²) in [5.41, 5.74) is 7.03. The summed E-state index contributed by atoms with van der Waals surface area (Å²) in [7, 11) is 1.59. The summed E-state index contributed by atoms with van der Waals surface area (Å²) >= 11 is 0. The zero-order chi connectivity index (χ0) is 18.5. The van der Waals surface area contributed by atoms with Crippen LogP contribution in [0, 0.1) is 0 Å². The van der Waals surface area contributed by atoms with E-state index in [2.05, 4.69) is 15.3 Å². The fraction of sp³-hybridized carbons (Fsp3) is 0.278. The number of likely N-dealkylation sites (tertiary alicyclic amines) is 1. The maximum absolute atomic E-state index is 12.1. The molecule has 1 aliphatic heterocycles. The van der Waals surface area contributed by atoms with Crippen LogP contribution in [0.3, 0.4) is 0 Å². The summed E-state index contributed by atoms with van der Waals surface area (Å²) in [5.74, 6) is 0.617. The number of ether oxygens (including phenoxy) is 1. The molecule has 1 aliphatic rings. The number of hydrogen-bond acceptors (Lipinski definition) is 6. The number of anilines is 1. The van der Waals surface area contributed by atoms with E-state index in [9.17, 15) is 9.59 Å². The maximum Gasteiger partial charge on any atom is 0.271 e. The number of pyridine rings is 2. The molecule has 26 heavy (non-hydrogen) atoms. The Morgan fingerprint density at radius 3 is 3.04 bits per heavy atom. The molecule has 0 bridgehead atoms. The number of amides is 1. The third-order valence-electron chi connectivity index (χ3n) is 4.12. The zero-order valence-electron chi connectivity index (χ0n) is 14.4. The Labute approximate surface area is 150 Å². The Balaban J connectivity index is 1.69. The Bertz CT molecular complexity index is 871. The van der Waals surface area contributed by atoms with Crippen molar-refractivity contribution in [3.8, 4) is 17.0 Å². The minimum absolute atomic E-state index is 0.0276. The Morgan fingerprint density at radius 2 is 2.31 bits per heavy atom. The van der Waals surface area contributed by atoms with E-state index in [0.717, 1.165) is 5.56 Å². The van der Waals surface area contributed by atoms with E-state index < -0.39 is 0 Å². The number of carbonyl (C=O) groups excluding carboxylic acids is 1. The number of aromatic nitrogens is 2. The van der Waals surface area contributed by atoms with E-state index in [1.807, 2.05) is 0 Å². The second-order valence-corrected chi connectivity index (χ2v) is 5.93. The van der Waals surface area contributed by atoms with E-state index in [1.165, 1.54) is 6.08 Å². The van der Waals surface area contributed by atoms with Gasteiger partial charge >= 0.3 is 0 Å². The molecule has 0 aromatic carbocycles. The first-order valence-electron chi connectivity index (χ1n) is 8.26. The SMILES string of the molecule is COc1ccnc(-c2c[nH]c(=O)c(NC3CN(C(=O)/C=C/CN)C3)c2)c1. The summed E-state index contributed by atoms with van der Waals surface area (Å²) in [6.07, 6.45) is 6.36. The molecule has 1 saturated heterocycles. The van der Waals surface area contributed by atoms with E-state index in [-0.39, 0.29) is 17.5 Å². The van der Waals surface area contributed by atoms with E-state index in [4.69, 9.17) is 10.5 Å². The molecular formula is C18H21N5O3. The van der Waals surface area contributed by atoms with Crippen LogP contribution in [0.1, 0.15) is 0 Å². The van der Waals surface area contributed by atoms with Crippen LogP contribution in [0.5, 0.6) is 5.75 Å². The molecule has 0 unspecified atom stereocenters. The van der Waals surface area contributed by atoms with Gasteiger partial charge in [0, 0.05) is 49.7 Å². The molecule has 0 atom stereocenters. The highest BCUT2D eigenvalue weighted by Gasteiger charge is 2.29. The van der Waals surface area contributed by atoms with Crippen LogP contribution < -0.4 is 21.3 Å². The van der Waals surface area contributed by atoms with Gasteiger partial charge in [-0.05, 0) is 12.1 Å². The van der Waals surface area contributed by atoms with Gasteiger partial charge in [-0.2, -0.15) is 0 Å². The van der Waals surface area contributed by atoms with Gasteiger partial charge in [0.05, 0.1) is 18.8 Å². The average Bonchev–Trinajstić information content (AvgIpc) is 2.63. The molecule has 8 heteroatoms. The van der Waals surface area contributed by atoms with Crippen LogP contribution in [0.4, 0.5) is 5.69 Å². The van der Waals surface area contributed by atoms with Crippen LogP contribution in [-0.2, 0) is 4.79 Å². The largest absolute Gasteiger partial charge is 0.497 e. The lowest BCUT2D eigenvalue weighted by molar-refractivity contribution is -0.129. The van der Waals surface area contributed by atoms with Crippen molar-refractivity contribution in [2.45, 2.75) is 6.04 Å². The lowest BCUT2D eigenvalue weighted by Gasteiger charge is -2.39. The van der Waals surface area contributed by atoms with Crippen LogP contribution in [-0.4, -0.2) is 53.6 Å². The van der Waals surface area contributed by atoms with Gasteiger partial charge in [0.25, 0.3) is 5.56 Å². The Kier molecular flexibility index (Phi) is 5.33. The molecule has 0 spiro atoms. The molecule has 0 radical (unpaired) electrons. The van der Waals surface area contributed by atoms with E-state index >= 15 is 0 Å². The number of nitrogens with two attached hydrogens (primary N) is 1. The van der Waals surface area contributed by atoms with Crippen molar-refractivity contribution < 1.29 is 9.53 Å². The smallest absolute Gasteiger partial charge is 0.271 e. The number of aromatic amines is 1. The Morgan fingerprint density at radius 1 is 1.50 bits per heavy atom. The molecule has 2 aromatic rings. The Hall–Kier alpha value is -3.13. The van der Waals surface area contributed by atoms with E-state index in [1.54, 1.807) is 48.7 Å². The van der Waals surface area contributed by atoms with Crippen molar-refractivity contribution in [3.63, 3.8) is 0 Å².